The average molecular weight is 526 g/mol. The molecule has 1 atom stereocenters. The molecule has 6 aromatic rings. The Morgan fingerprint density at radius 2 is 1.77 bits per heavy atom. The Morgan fingerprint density at radius 3 is 2.56 bits per heavy atom. The fraction of sp³-hybridized carbons (Fsp3) is 0.0690. The van der Waals surface area contributed by atoms with E-state index in [1.54, 1.807) is 42.7 Å². The predicted octanol–water partition coefficient (Wildman–Crippen LogP) is 5.30. The van der Waals surface area contributed by atoms with Gasteiger partial charge < -0.3 is 19.8 Å². The zero-order chi connectivity index (χ0) is 26.9. The van der Waals surface area contributed by atoms with Gasteiger partial charge in [0.2, 0.25) is 0 Å². The standard InChI is InChI=1S/C29H21F2N5O3/c30-20-5-1-18(2-6-20)28(37)25-16-36(35-34-25)22-8-3-17(4-9-22)26-11-12-27(39-26)29(38)33-15-19-14-32-24-10-7-21(31)13-23(19)24/h1-14,16,28,32,37H,15H2,(H,33,38). The summed E-state index contributed by atoms with van der Waals surface area (Å²) < 4.78 is 34.1. The second kappa shape index (κ2) is 9.99. The number of carbonyl (C=O) groups is 1. The molecule has 10 heteroatoms. The number of amides is 1. The quantitative estimate of drug-likeness (QED) is 0.262. The molecule has 1 unspecified atom stereocenters. The number of halogens is 2. The van der Waals surface area contributed by atoms with Crippen LogP contribution in [-0.4, -0.2) is 31.0 Å². The first kappa shape index (κ1) is 24.3. The summed E-state index contributed by atoms with van der Waals surface area (Å²) in [6, 6.07) is 20.5. The lowest BCUT2D eigenvalue weighted by atomic mass is 10.1. The highest BCUT2D eigenvalue weighted by molar-refractivity contribution is 5.92. The van der Waals surface area contributed by atoms with Crippen LogP contribution in [0, 0.1) is 11.6 Å². The maximum atomic E-state index is 13.6. The molecule has 0 spiro atoms. The number of H-pyrrole nitrogens is 1. The normalized spacial score (nSPS) is 12.1. The number of fused-ring (bicyclic) bond motifs is 1. The molecular weight excluding hydrogens is 504 g/mol. The van der Waals surface area contributed by atoms with Crippen LogP contribution in [0.25, 0.3) is 27.9 Å². The molecule has 1 amide bonds. The number of aliphatic hydroxyl groups is 1. The van der Waals surface area contributed by atoms with E-state index in [0.717, 1.165) is 16.6 Å². The van der Waals surface area contributed by atoms with Gasteiger partial charge >= 0.3 is 0 Å². The number of hydrogen-bond acceptors (Lipinski definition) is 5. The average Bonchev–Trinajstić information content (AvgIpc) is 3.72. The van der Waals surface area contributed by atoms with Gasteiger partial charge in [-0.25, -0.2) is 13.5 Å². The molecule has 0 radical (unpaired) electrons. The van der Waals surface area contributed by atoms with Crippen molar-refractivity contribution < 1.29 is 23.1 Å². The van der Waals surface area contributed by atoms with Crippen molar-refractivity contribution in [2.45, 2.75) is 12.6 Å². The SMILES string of the molecule is O=C(NCc1c[nH]c2ccc(F)cc12)c1ccc(-c2ccc(-n3cc(C(O)c4ccc(F)cc4)nn3)cc2)o1. The van der Waals surface area contributed by atoms with Gasteiger partial charge in [0.05, 0.1) is 11.9 Å². The lowest BCUT2D eigenvalue weighted by Crippen LogP contribution is -2.22. The molecule has 8 nitrogen and oxygen atoms in total. The Kier molecular flexibility index (Phi) is 6.22. The molecule has 0 bridgehead atoms. The molecule has 3 N–H and O–H groups in total. The minimum absolute atomic E-state index is 0.149. The van der Waals surface area contributed by atoms with Gasteiger partial charge in [-0.2, -0.15) is 0 Å². The van der Waals surface area contributed by atoms with Crippen LogP contribution in [0.15, 0.2) is 95.7 Å². The molecule has 3 heterocycles. The summed E-state index contributed by atoms with van der Waals surface area (Å²) in [4.78, 5) is 15.7. The van der Waals surface area contributed by atoms with E-state index in [9.17, 15) is 18.7 Å². The number of aromatic nitrogens is 4. The smallest absolute Gasteiger partial charge is 0.287 e. The van der Waals surface area contributed by atoms with Crippen molar-refractivity contribution in [1.82, 2.24) is 25.3 Å². The lowest BCUT2D eigenvalue weighted by molar-refractivity contribution is 0.0924. The third kappa shape index (κ3) is 4.92. The van der Waals surface area contributed by atoms with E-state index in [4.69, 9.17) is 4.42 Å². The minimum atomic E-state index is -1.04. The molecule has 0 saturated heterocycles. The van der Waals surface area contributed by atoms with Crippen molar-refractivity contribution >= 4 is 16.8 Å². The number of furan rings is 1. The molecule has 3 aromatic carbocycles. The fourth-order valence-electron chi connectivity index (χ4n) is 4.30. The largest absolute Gasteiger partial charge is 0.451 e. The first-order valence-corrected chi connectivity index (χ1v) is 12.0. The summed E-state index contributed by atoms with van der Waals surface area (Å²) in [5.41, 5.74) is 3.83. The van der Waals surface area contributed by atoms with Crippen molar-refractivity contribution in [2.24, 2.45) is 0 Å². The van der Waals surface area contributed by atoms with Crippen molar-refractivity contribution in [3.63, 3.8) is 0 Å². The number of aromatic amines is 1. The topological polar surface area (TPSA) is 109 Å². The second-order valence-electron chi connectivity index (χ2n) is 8.94. The van der Waals surface area contributed by atoms with Crippen LogP contribution < -0.4 is 5.32 Å². The molecule has 0 saturated carbocycles. The highest BCUT2D eigenvalue weighted by Crippen LogP contribution is 2.25. The minimum Gasteiger partial charge on any atom is -0.451 e. The van der Waals surface area contributed by atoms with Gasteiger partial charge in [-0.3, -0.25) is 4.79 Å². The zero-order valence-electron chi connectivity index (χ0n) is 20.3. The van der Waals surface area contributed by atoms with Crippen LogP contribution >= 0.6 is 0 Å². The number of carbonyl (C=O) groups excluding carboxylic acids is 1. The Bertz CT molecular complexity index is 1770. The summed E-state index contributed by atoms with van der Waals surface area (Å²) in [7, 11) is 0. The van der Waals surface area contributed by atoms with E-state index in [2.05, 4.69) is 20.6 Å². The van der Waals surface area contributed by atoms with E-state index in [1.807, 2.05) is 12.1 Å². The molecule has 3 aromatic heterocycles. The third-order valence-electron chi connectivity index (χ3n) is 6.39. The molecule has 0 aliphatic rings. The predicted molar refractivity (Wildman–Crippen MR) is 139 cm³/mol. The highest BCUT2D eigenvalue weighted by atomic mass is 19.1. The third-order valence-corrected chi connectivity index (χ3v) is 6.39. The van der Waals surface area contributed by atoms with E-state index in [-0.39, 0.29) is 23.9 Å². The number of rotatable bonds is 7. The second-order valence-corrected chi connectivity index (χ2v) is 8.94. The molecule has 0 aliphatic heterocycles. The first-order valence-electron chi connectivity index (χ1n) is 12.0. The van der Waals surface area contributed by atoms with Gasteiger partial charge in [0, 0.05) is 29.2 Å². The van der Waals surface area contributed by atoms with Crippen LogP contribution in [0.2, 0.25) is 0 Å². The summed E-state index contributed by atoms with van der Waals surface area (Å²) in [6.07, 6.45) is 2.30. The number of nitrogens with one attached hydrogen (secondary N) is 2. The first-order chi connectivity index (χ1) is 18.9. The maximum absolute atomic E-state index is 13.6. The Labute approximate surface area is 220 Å². The Balaban J connectivity index is 1.12. The Morgan fingerprint density at radius 1 is 1.00 bits per heavy atom. The van der Waals surface area contributed by atoms with Crippen LogP contribution in [0.5, 0.6) is 0 Å². The number of benzene rings is 3. The van der Waals surface area contributed by atoms with Gasteiger partial charge in [0.1, 0.15) is 29.2 Å². The summed E-state index contributed by atoms with van der Waals surface area (Å²) in [5.74, 6) is -0.466. The van der Waals surface area contributed by atoms with E-state index in [1.165, 1.54) is 41.1 Å². The van der Waals surface area contributed by atoms with Gasteiger partial charge in [-0.1, -0.05) is 17.3 Å². The monoisotopic (exact) mass is 525 g/mol. The van der Waals surface area contributed by atoms with Gasteiger partial charge in [-0.05, 0) is 77.9 Å². The number of nitrogens with zero attached hydrogens (tertiary/aromatic N) is 3. The van der Waals surface area contributed by atoms with Gasteiger partial charge in [0.15, 0.2) is 5.76 Å². The van der Waals surface area contributed by atoms with Crippen LogP contribution in [-0.2, 0) is 6.54 Å². The maximum Gasteiger partial charge on any atom is 0.287 e. The summed E-state index contributed by atoms with van der Waals surface area (Å²) >= 11 is 0. The van der Waals surface area contributed by atoms with E-state index >= 15 is 0 Å². The lowest BCUT2D eigenvalue weighted by Gasteiger charge is -2.07. The van der Waals surface area contributed by atoms with Crippen molar-refractivity contribution in [3.8, 4) is 17.0 Å². The molecule has 6 rings (SSSR count). The van der Waals surface area contributed by atoms with Crippen molar-refractivity contribution in [1.29, 1.82) is 0 Å². The molecule has 0 fully saturated rings. The van der Waals surface area contributed by atoms with Crippen molar-refractivity contribution in [3.05, 3.63) is 125 Å². The van der Waals surface area contributed by atoms with Crippen LogP contribution in [0.4, 0.5) is 8.78 Å². The molecule has 39 heavy (non-hydrogen) atoms. The van der Waals surface area contributed by atoms with Gasteiger partial charge in [0.25, 0.3) is 5.91 Å². The fourth-order valence-corrected chi connectivity index (χ4v) is 4.30. The summed E-state index contributed by atoms with van der Waals surface area (Å²) in [5, 5.41) is 22.2. The zero-order valence-corrected chi connectivity index (χ0v) is 20.3. The van der Waals surface area contributed by atoms with Crippen LogP contribution in [0.1, 0.15) is 33.5 Å². The van der Waals surface area contributed by atoms with E-state index < -0.39 is 12.0 Å². The summed E-state index contributed by atoms with van der Waals surface area (Å²) in [6.45, 7) is 0.211. The van der Waals surface area contributed by atoms with E-state index in [0.29, 0.717) is 28.1 Å². The molecule has 0 aliphatic carbocycles. The molecule has 194 valence electrons. The van der Waals surface area contributed by atoms with Crippen LogP contribution in [0.3, 0.4) is 0 Å². The number of hydrogen-bond donors (Lipinski definition) is 3. The highest BCUT2D eigenvalue weighted by Gasteiger charge is 2.16. The number of aliphatic hydroxyl groups excluding tert-OH is 1. The molecular formula is C29H21F2N5O3. The van der Waals surface area contributed by atoms with Crippen molar-refractivity contribution in [2.75, 3.05) is 0 Å². The Hall–Kier alpha value is -5.09. The van der Waals surface area contributed by atoms with Gasteiger partial charge in [-0.15, -0.1) is 5.10 Å².